The third-order valence-corrected chi connectivity index (χ3v) is 4.67. The van der Waals surface area contributed by atoms with Gasteiger partial charge in [-0.25, -0.2) is 4.79 Å². The van der Waals surface area contributed by atoms with Crippen LogP contribution < -0.4 is 15.4 Å². The van der Waals surface area contributed by atoms with Crippen LogP contribution in [0.3, 0.4) is 0 Å². The SMILES string of the molecule is COc1ccc(C2(C)NC(=O)N(CC(=O)NCCc3ccccn3)C2=O)cc1. The summed E-state index contributed by atoms with van der Waals surface area (Å²) in [5, 5.41) is 5.39. The number of ether oxygens (including phenoxy) is 1. The molecule has 1 aliphatic rings. The molecular weight excluding hydrogens is 360 g/mol. The summed E-state index contributed by atoms with van der Waals surface area (Å²) in [5.41, 5.74) is 0.243. The molecule has 8 nitrogen and oxygen atoms in total. The Morgan fingerprint density at radius 2 is 1.96 bits per heavy atom. The molecule has 1 atom stereocenters. The van der Waals surface area contributed by atoms with Crippen LogP contribution in [0.4, 0.5) is 4.79 Å². The van der Waals surface area contributed by atoms with Crippen LogP contribution in [0.1, 0.15) is 18.2 Å². The van der Waals surface area contributed by atoms with E-state index >= 15 is 0 Å². The van der Waals surface area contributed by atoms with Crippen molar-refractivity contribution >= 4 is 17.8 Å². The summed E-state index contributed by atoms with van der Waals surface area (Å²) in [7, 11) is 1.55. The number of nitrogens with zero attached hydrogens (tertiary/aromatic N) is 2. The largest absolute Gasteiger partial charge is 0.497 e. The number of carbonyl (C=O) groups is 3. The minimum Gasteiger partial charge on any atom is -0.497 e. The van der Waals surface area contributed by atoms with Gasteiger partial charge in [-0.15, -0.1) is 0 Å². The number of aromatic nitrogens is 1. The monoisotopic (exact) mass is 382 g/mol. The van der Waals surface area contributed by atoms with Crippen molar-refractivity contribution in [1.82, 2.24) is 20.5 Å². The average Bonchev–Trinajstić information content (AvgIpc) is 2.93. The van der Waals surface area contributed by atoms with Crippen molar-refractivity contribution in [1.29, 1.82) is 0 Å². The summed E-state index contributed by atoms with van der Waals surface area (Å²) in [4.78, 5) is 42.5. The lowest BCUT2D eigenvalue weighted by molar-refractivity contribution is -0.134. The van der Waals surface area contributed by atoms with Crippen molar-refractivity contribution in [3.8, 4) is 5.75 Å². The summed E-state index contributed by atoms with van der Waals surface area (Å²) in [6, 6.07) is 11.8. The molecule has 0 spiro atoms. The van der Waals surface area contributed by atoms with Gasteiger partial charge in [-0.2, -0.15) is 0 Å². The number of carbonyl (C=O) groups excluding carboxylic acids is 3. The standard InChI is InChI=1S/C20H22N4O4/c1-20(14-6-8-16(28-2)9-7-14)18(26)24(19(27)23-20)13-17(25)22-12-10-15-5-3-4-11-21-15/h3-9,11H,10,12-13H2,1-2H3,(H,22,25)(H,23,27). The molecule has 2 heterocycles. The second-order valence-electron chi connectivity index (χ2n) is 6.60. The van der Waals surface area contributed by atoms with Gasteiger partial charge in [0, 0.05) is 24.9 Å². The topological polar surface area (TPSA) is 101 Å². The fraction of sp³-hybridized carbons (Fsp3) is 0.300. The van der Waals surface area contributed by atoms with E-state index in [-0.39, 0.29) is 6.54 Å². The maximum atomic E-state index is 12.8. The molecule has 1 saturated heterocycles. The van der Waals surface area contributed by atoms with Gasteiger partial charge in [-0.3, -0.25) is 19.5 Å². The van der Waals surface area contributed by atoms with Crippen LogP contribution in [0.15, 0.2) is 48.7 Å². The minimum atomic E-state index is -1.22. The number of pyridine rings is 1. The Labute approximate surface area is 162 Å². The van der Waals surface area contributed by atoms with E-state index in [1.165, 1.54) is 0 Å². The van der Waals surface area contributed by atoms with Crippen LogP contribution in [-0.4, -0.2) is 47.9 Å². The highest BCUT2D eigenvalue weighted by Crippen LogP contribution is 2.29. The van der Waals surface area contributed by atoms with Crippen LogP contribution in [-0.2, 0) is 21.5 Å². The number of imide groups is 1. The molecule has 1 aromatic carbocycles. The summed E-state index contributed by atoms with van der Waals surface area (Å²) < 4.78 is 5.12. The molecule has 146 valence electrons. The van der Waals surface area contributed by atoms with Gasteiger partial charge in [0.1, 0.15) is 17.8 Å². The number of nitrogens with one attached hydrogen (secondary N) is 2. The van der Waals surface area contributed by atoms with E-state index in [2.05, 4.69) is 15.6 Å². The van der Waals surface area contributed by atoms with Crippen molar-refractivity contribution in [3.63, 3.8) is 0 Å². The van der Waals surface area contributed by atoms with E-state index in [1.807, 2.05) is 18.2 Å². The zero-order chi connectivity index (χ0) is 20.1. The van der Waals surface area contributed by atoms with Gasteiger partial charge < -0.3 is 15.4 Å². The summed E-state index contributed by atoms with van der Waals surface area (Å²) >= 11 is 0. The molecule has 2 aromatic rings. The summed E-state index contributed by atoms with van der Waals surface area (Å²) in [6.07, 6.45) is 2.25. The molecule has 2 N–H and O–H groups in total. The lowest BCUT2D eigenvalue weighted by Crippen LogP contribution is -2.43. The van der Waals surface area contributed by atoms with Crippen LogP contribution >= 0.6 is 0 Å². The molecular formula is C20H22N4O4. The van der Waals surface area contributed by atoms with Gasteiger partial charge in [0.25, 0.3) is 5.91 Å². The zero-order valence-corrected chi connectivity index (χ0v) is 15.8. The predicted octanol–water partition coefficient (Wildman–Crippen LogP) is 1.22. The van der Waals surface area contributed by atoms with E-state index in [0.29, 0.717) is 24.3 Å². The highest BCUT2D eigenvalue weighted by Gasteiger charge is 2.49. The molecule has 0 aliphatic carbocycles. The number of hydrogen-bond acceptors (Lipinski definition) is 5. The third-order valence-electron chi connectivity index (χ3n) is 4.67. The molecule has 1 unspecified atom stereocenters. The Bertz CT molecular complexity index is 870. The van der Waals surface area contributed by atoms with Gasteiger partial charge in [0.2, 0.25) is 5.91 Å². The maximum absolute atomic E-state index is 12.8. The van der Waals surface area contributed by atoms with E-state index in [9.17, 15) is 14.4 Å². The second-order valence-corrected chi connectivity index (χ2v) is 6.60. The highest BCUT2D eigenvalue weighted by atomic mass is 16.5. The van der Waals surface area contributed by atoms with Crippen LogP contribution in [0.5, 0.6) is 5.75 Å². The molecule has 0 radical (unpaired) electrons. The number of rotatable bonds is 7. The molecule has 0 bridgehead atoms. The number of urea groups is 1. The molecule has 1 fully saturated rings. The first-order chi connectivity index (χ1) is 13.4. The smallest absolute Gasteiger partial charge is 0.325 e. The Kier molecular flexibility index (Phi) is 5.58. The van der Waals surface area contributed by atoms with Gasteiger partial charge in [0.15, 0.2) is 0 Å². The van der Waals surface area contributed by atoms with Crippen molar-refractivity contribution in [2.75, 3.05) is 20.2 Å². The van der Waals surface area contributed by atoms with Gasteiger partial charge in [-0.05, 0) is 36.8 Å². The third kappa shape index (κ3) is 3.95. The second kappa shape index (κ2) is 8.08. The molecule has 0 saturated carbocycles. The molecule has 8 heteroatoms. The zero-order valence-electron chi connectivity index (χ0n) is 15.8. The van der Waals surface area contributed by atoms with Crippen molar-refractivity contribution < 1.29 is 19.1 Å². The number of benzene rings is 1. The van der Waals surface area contributed by atoms with Gasteiger partial charge in [0.05, 0.1) is 7.11 Å². The number of hydrogen-bond donors (Lipinski definition) is 2. The lowest BCUT2D eigenvalue weighted by Gasteiger charge is -2.22. The quantitative estimate of drug-likeness (QED) is 0.701. The summed E-state index contributed by atoms with van der Waals surface area (Å²) in [6.45, 7) is 1.65. The normalized spacial score (nSPS) is 18.7. The fourth-order valence-corrected chi connectivity index (χ4v) is 3.04. The van der Waals surface area contributed by atoms with E-state index in [4.69, 9.17) is 4.74 Å². The van der Waals surface area contributed by atoms with Crippen molar-refractivity contribution in [2.45, 2.75) is 18.9 Å². The fourth-order valence-electron chi connectivity index (χ4n) is 3.04. The minimum absolute atomic E-state index is 0.335. The maximum Gasteiger partial charge on any atom is 0.325 e. The van der Waals surface area contributed by atoms with Gasteiger partial charge in [-0.1, -0.05) is 18.2 Å². The van der Waals surface area contributed by atoms with Crippen LogP contribution in [0.25, 0.3) is 0 Å². The Morgan fingerprint density at radius 3 is 2.61 bits per heavy atom. The first-order valence-corrected chi connectivity index (χ1v) is 8.89. The van der Waals surface area contributed by atoms with Crippen molar-refractivity contribution in [2.24, 2.45) is 0 Å². The van der Waals surface area contributed by atoms with E-state index in [1.54, 1.807) is 44.5 Å². The molecule has 28 heavy (non-hydrogen) atoms. The molecule has 3 rings (SSSR count). The Balaban J connectivity index is 1.60. The molecule has 4 amide bonds. The van der Waals surface area contributed by atoms with Crippen LogP contribution in [0, 0.1) is 0 Å². The lowest BCUT2D eigenvalue weighted by atomic mass is 9.92. The average molecular weight is 382 g/mol. The molecule has 1 aromatic heterocycles. The number of amides is 4. The predicted molar refractivity (Wildman–Crippen MR) is 102 cm³/mol. The van der Waals surface area contributed by atoms with Crippen molar-refractivity contribution in [3.05, 3.63) is 59.9 Å². The number of methoxy groups -OCH3 is 1. The first-order valence-electron chi connectivity index (χ1n) is 8.89. The van der Waals surface area contributed by atoms with Crippen LogP contribution in [0.2, 0.25) is 0 Å². The Morgan fingerprint density at radius 1 is 1.21 bits per heavy atom. The highest BCUT2D eigenvalue weighted by molar-refractivity contribution is 6.09. The molecule has 1 aliphatic heterocycles. The first kappa shape index (κ1) is 19.3. The van der Waals surface area contributed by atoms with E-state index in [0.717, 1.165) is 10.6 Å². The summed E-state index contributed by atoms with van der Waals surface area (Å²) in [5.74, 6) is -0.228. The van der Waals surface area contributed by atoms with Gasteiger partial charge >= 0.3 is 6.03 Å². The van der Waals surface area contributed by atoms with E-state index < -0.39 is 23.4 Å². The Hall–Kier alpha value is -3.42.